The first-order valence-corrected chi connectivity index (χ1v) is 8.49. The zero-order chi connectivity index (χ0) is 17.6. The molecule has 0 unspecified atom stereocenters. The molecule has 6 nitrogen and oxygen atoms in total. The quantitative estimate of drug-likeness (QED) is 0.345. The number of aliphatic imine (C=N–C) groups is 1. The smallest absolute Gasteiger partial charge is 0.253 e. The number of rotatable bonds is 6. The maximum Gasteiger partial charge on any atom is 0.253 e. The van der Waals surface area contributed by atoms with Gasteiger partial charge in [-0.2, -0.15) is 0 Å². The predicted octanol–water partition coefficient (Wildman–Crippen LogP) is 1.98. The number of carbonyl (C=O) groups is 1. The van der Waals surface area contributed by atoms with Gasteiger partial charge in [0.2, 0.25) is 0 Å². The standard InChI is InChI=1S/C18H28N4O2.HI/c1-4-19-17(21-13-18(24)10-5-11-18)20-12-14-6-8-15(9-7-14)16(23)22(2)3;/h6-9,24H,4-5,10-13H2,1-3H3,(H2,19,20,21);1H. The lowest BCUT2D eigenvalue weighted by Crippen LogP contribution is -2.50. The molecular formula is C18H29IN4O2. The summed E-state index contributed by atoms with van der Waals surface area (Å²) in [6, 6.07) is 7.49. The van der Waals surface area contributed by atoms with E-state index in [0.29, 0.717) is 24.6 Å². The highest BCUT2D eigenvalue weighted by Crippen LogP contribution is 2.30. The van der Waals surface area contributed by atoms with E-state index >= 15 is 0 Å². The van der Waals surface area contributed by atoms with Crippen molar-refractivity contribution in [1.82, 2.24) is 15.5 Å². The summed E-state index contributed by atoms with van der Waals surface area (Å²) in [5.41, 5.74) is 1.12. The number of halogens is 1. The van der Waals surface area contributed by atoms with Gasteiger partial charge in [0, 0.05) is 32.7 Å². The Morgan fingerprint density at radius 3 is 2.36 bits per heavy atom. The van der Waals surface area contributed by atoms with Gasteiger partial charge in [-0.1, -0.05) is 12.1 Å². The van der Waals surface area contributed by atoms with E-state index in [1.54, 1.807) is 19.0 Å². The number of nitrogens with one attached hydrogen (secondary N) is 2. The second-order valence-electron chi connectivity index (χ2n) is 6.52. The van der Waals surface area contributed by atoms with E-state index in [2.05, 4.69) is 15.6 Å². The summed E-state index contributed by atoms with van der Waals surface area (Å²) in [5, 5.41) is 16.5. The normalized spacial score (nSPS) is 15.6. The first-order chi connectivity index (χ1) is 11.4. The average molecular weight is 460 g/mol. The first-order valence-electron chi connectivity index (χ1n) is 8.49. The topological polar surface area (TPSA) is 77.0 Å². The van der Waals surface area contributed by atoms with Crippen molar-refractivity contribution in [2.24, 2.45) is 4.99 Å². The Balaban J connectivity index is 0.00000312. The van der Waals surface area contributed by atoms with Gasteiger partial charge in [0.15, 0.2) is 5.96 Å². The maximum absolute atomic E-state index is 11.9. The summed E-state index contributed by atoms with van der Waals surface area (Å²) in [4.78, 5) is 18.0. The molecule has 1 amide bonds. The molecule has 1 aromatic rings. The fourth-order valence-corrected chi connectivity index (χ4v) is 2.53. The number of aliphatic hydroxyl groups is 1. The van der Waals surface area contributed by atoms with Crippen LogP contribution in [-0.2, 0) is 6.54 Å². The molecule has 0 heterocycles. The summed E-state index contributed by atoms with van der Waals surface area (Å²) in [5.74, 6) is 0.695. The molecule has 3 N–H and O–H groups in total. The summed E-state index contributed by atoms with van der Waals surface area (Å²) in [6.45, 7) is 3.82. The van der Waals surface area contributed by atoms with Crippen LogP contribution in [0, 0.1) is 0 Å². The third-order valence-corrected chi connectivity index (χ3v) is 4.24. The summed E-state index contributed by atoms with van der Waals surface area (Å²) >= 11 is 0. The molecule has 1 aliphatic rings. The SMILES string of the molecule is CCNC(=NCc1ccc(C(=O)N(C)C)cc1)NCC1(O)CCC1.I. The summed E-state index contributed by atoms with van der Waals surface area (Å²) in [7, 11) is 3.48. The van der Waals surface area contributed by atoms with Crippen LogP contribution in [0.25, 0.3) is 0 Å². The molecule has 140 valence electrons. The zero-order valence-corrected chi connectivity index (χ0v) is 17.5. The lowest BCUT2D eigenvalue weighted by atomic mass is 9.80. The monoisotopic (exact) mass is 460 g/mol. The number of carbonyl (C=O) groups excluding carboxylic acids is 1. The maximum atomic E-state index is 11.9. The summed E-state index contributed by atoms with van der Waals surface area (Å²) in [6.07, 6.45) is 2.78. The van der Waals surface area contributed by atoms with Gasteiger partial charge in [-0.3, -0.25) is 4.79 Å². The van der Waals surface area contributed by atoms with E-state index in [9.17, 15) is 9.90 Å². The molecule has 0 saturated heterocycles. The molecule has 0 bridgehead atoms. The second kappa shape index (κ2) is 9.96. The number of guanidine groups is 1. The highest BCUT2D eigenvalue weighted by molar-refractivity contribution is 14.0. The molecule has 0 spiro atoms. The number of nitrogens with zero attached hydrogens (tertiary/aromatic N) is 2. The van der Waals surface area contributed by atoms with Gasteiger partial charge < -0.3 is 20.6 Å². The van der Waals surface area contributed by atoms with Crippen molar-refractivity contribution in [2.75, 3.05) is 27.2 Å². The van der Waals surface area contributed by atoms with Crippen molar-refractivity contribution in [1.29, 1.82) is 0 Å². The highest BCUT2D eigenvalue weighted by Gasteiger charge is 2.34. The summed E-state index contributed by atoms with van der Waals surface area (Å²) < 4.78 is 0. The molecule has 0 radical (unpaired) electrons. The molecule has 0 aliphatic heterocycles. The minimum atomic E-state index is -0.579. The van der Waals surface area contributed by atoms with Crippen LogP contribution >= 0.6 is 24.0 Å². The van der Waals surface area contributed by atoms with Crippen molar-refractivity contribution >= 4 is 35.8 Å². The highest BCUT2D eigenvalue weighted by atomic mass is 127. The lowest BCUT2D eigenvalue weighted by molar-refractivity contribution is -0.0279. The van der Waals surface area contributed by atoms with E-state index in [0.717, 1.165) is 31.4 Å². The number of benzene rings is 1. The van der Waals surface area contributed by atoms with Gasteiger partial charge in [0.05, 0.1) is 12.1 Å². The lowest BCUT2D eigenvalue weighted by Gasteiger charge is -2.37. The van der Waals surface area contributed by atoms with Crippen LogP contribution in [0.4, 0.5) is 0 Å². The Morgan fingerprint density at radius 1 is 1.24 bits per heavy atom. The van der Waals surface area contributed by atoms with Gasteiger partial charge in [0.25, 0.3) is 5.91 Å². The van der Waals surface area contributed by atoms with Gasteiger partial charge in [-0.05, 0) is 43.9 Å². The zero-order valence-electron chi connectivity index (χ0n) is 15.2. The molecule has 1 saturated carbocycles. The molecule has 1 aliphatic carbocycles. The van der Waals surface area contributed by atoms with Crippen molar-refractivity contribution in [3.8, 4) is 0 Å². The average Bonchev–Trinajstić information content (AvgIpc) is 2.55. The van der Waals surface area contributed by atoms with E-state index in [1.807, 2.05) is 31.2 Å². The van der Waals surface area contributed by atoms with Crippen LogP contribution in [-0.4, -0.2) is 54.7 Å². The Hall–Kier alpha value is -1.35. The Morgan fingerprint density at radius 2 is 1.88 bits per heavy atom. The molecule has 7 heteroatoms. The minimum absolute atomic E-state index is 0. The predicted molar refractivity (Wildman–Crippen MR) is 111 cm³/mol. The van der Waals surface area contributed by atoms with E-state index in [4.69, 9.17) is 0 Å². The van der Waals surface area contributed by atoms with Gasteiger partial charge in [0.1, 0.15) is 0 Å². The van der Waals surface area contributed by atoms with Gasteiger partial charge >= 0.3 is 0 Å². The van der Waals surface area contributed by atoms with Crippen LogP contribution in [0.15, 0.2) is 29.3 Å². The molecular weight excluding hydrogens is 431 g/mol. The van der Waals surface area contributed by atoms with Crippen molar-refractivity contribution in [3.63, 3.8) is 0 Å². The van der Waals surface area contributed by atoms with Crippen molar-refractivity contribution in [3.05, 3.63) is 35.4 Å². The Bertz CT molecular complexity index is 583. The van der Waals surface area contributed by atoms with Crippen molar-refractivity contribution < 1.29 is 9.90 Å². The Labute approximate surface area is 167 Å². The molecule has 0 atom stereocenters. The van der Waals surface area contributed by atoms with Crippen LogP contribution in [0.2, 0.25) is 0 Å². The van der Waals surface area contributed by atoms with E-state index in [-0.39, 0.29) is 29.9 Å². The number of hydrogen-bond donors (Lipinski definition) is 3. The second-order valence-corrected chi connectivity index (χ2v) is 6.52. The van der Waals surface area contributed by atoms with Crippen LogP contribution in [0.1, 0.15) is 42.1 Å². The van der Waals surface area contributed by atoms with Crippen LogP contribution < -0.4 is 10.6 Å². The van der Waals surface area contributed by atoms with Crippen LogP contribution in [0.3, 0.4) is 0 Å². The fourth-order valence-electron chi connectivity index (χ4n) is 2.53. The van der Waals surface area contributed by atoms with E-state index < -0.39 is 5.60 Å². The van der Waals surface area contributed by atoms with Crippen LogP contribution in [0.5, 0.6) is 0 Å². The molecule has 2 rings (SSSR count). The third-order valence-electron chi connectivity index (χ3n) is 4.24. The van der Waals surface area contributed by atoms with Gasteiger partial charge in [-0.15, -0.1) is 24.0 Å². The van der Waals surface area contributed by atoms with Gasteiger partial charge in [-0.25, -0.2) is 4.99 Å². The minimum Gasteiger partial charge on any atom is -0.388 e. The van der Waals surface area contributed by atoms with Crippen molar-refractivity contribution in [2.45, 2.75) is 38.3 Å². The molecule has 1 aromatic carbocycles. The molecule has 25 heavy (non-hydrogen) atoms. The number of amides is 1. The third kappa shape index (κ3) is 6.47. The molecule has 0 aromatic heterocycles. The molecule has 1 fully saturated rings. The largest absolute Gasteiger partial charge is 0.388 e. The number of hydrogen-bond acceptors (Lipinski definition) is 3. The van der Waals surface area contributed by atoms with E-state index in [1.165, 1.54) is 0 Å². The fraction of sp³-hybridized carbons (Fsp3) is 0.556. The first kappa shape index (κ1) is 21.7. The Kier molecular flexibility index (Phi) is 8.64.